The van der Waals surface area contributed by atoms with Crippen LogP contribution in [0, 0.1) is 0 Å². The molecule has 0 saturated carbocycles. The van der Waals surface area contributed by atoms with Crippen LogP contribution in [0.5, 0.6) is 0 Å². The Morgan fingerprint density at radius 1 is 1.41 bits per heavy atom. The van der Waals surface area contributed by atoms with Crippen molar-refractivity contribution >= 4 is 23.2 Å². The maximum atomic E-state index is 12.7. The summed E-state index contributed by atoms with van der Waals surface area (Å²) in [6.07, 6.45) is -2.56. The number of carboxylic acids is 1. The fourth-order valence-corrected chi connectivity index (χ4v) is 1.58. The molecule has 0 aromatic carbocycles. The number of nitrogens with zero attached hydrogens (tertiary/aromatic N) is 2. The van der Waals surface area contributed by atoms with Gasteiger partial charge in [-0.1, -0.05) is 11.6 Å². The SMILES string of the molecule is O=C(O)c1cc(C(F)(F)F)c2nc(Cl)cn2c1. The van der Waals surface area contributed by atoms with Gasteiger partial charge in [-0.25, -0.2) is 9.78 Å². The zero-order valence-electron chi connectivity index (χ0n) is 7.99. The van der Waals surface area contributed by atoms with E-state index in [2.05, 4.69) is 4.98 Å². The number of hydrogen-bond acceptors (Lipinski definition) is 2. The van der Waals surface area contributed by atoms with E-state index in [1.807, 2.05) is 0 Å². The summed E-state index contributed by atoms with van der Waals surface area (Å²) < 4.78 is 39.0. The van der Waals surface area contributed by atoms with E-state index in [9.17, 15) is 18.0 Å². The predicted octanol–water partition coefficient (Wildman–Crippen LogP) is 2.70. The first-order valence-electron chi connectivity index (χ1n) is 4.28. The molecule has 1 N–H and O–H groups in total. The van der Waals surface area contributed by atoms with Crippen molar-refractivity contribution in [3.05, 3.63) is 34.7 Å². The second-order valence-corrected chi connectivity index (χ2v) is 3.63. The Morgan fingerprint density at radius 2 is 2.06 bits per heavy atom. The van der Waals surface area contributed by atoms with Crippen molar-refractivity contribution in [2.75, 3.05) is 0 Å². The minimum atomic E-state index is -4.69. The number of rotatable bonds is 1. The Hall–Kier alpha value is -1.76. The smallest absolute Gasteiger partial charge is 0.420 e. The Kier molecular flexibility index (Phi) is 2.50. The molecule has 0 amide bonds. The minimum absolute atomic E-state index is 0.141. The summed E-state index contributed by atoms with van der Waals surface area (Å²) >= 11 is 5.49. The summed E-state index contributed by atoms with van der Waals surface area (Å²) in [6.45, 7) is 0. The number of pyridine rings is 1. The average Bonchev–Trinajstić information content (AvgIpc) is 2.54. The molecule has 2 aromatic rings. The normalized spacial score (nSPS) is 12.0. The Morgan fingerprint density at radius 3 is 2.59 bits per heavy atom. The van der Waals surface area contributed by atoms with E-state index < -0.39 is 28.9 Å². The van der Waals surface area contributed by atoms with Crippen molar-refractivity contribution in [1.29, 1.82) is 0 Å². The van der Waals surface area contributed by atoms with Crippen LogP contribution >= 0.6 is 11.6 Å². The highest BCUT2D eigenvalue weighted by Gasteiger charge is 2.35. The molecule has 0 aliphatic heterocycles. The molecule has 0 unspecified atom stereocenters. The lowest BCUT2D eigenvalue weighted by atomic mass is 10.2. The number of hydrogen-bond donors (Lipinski definition) is 1. The zero-order chi connectivity index (χ0) is 12.8. The van der Waals surface area contributed by atoms with E-state index in [1.165, 1.54) is 0 Å². The number of aromatic nitrogens is 2. The highest BCUT2D eigenvalue weighted by molar-refractivity contribution is 6.29. The highest BCUT2D eigenvalue weighted by atomic mass is 35.5. The molecule has 17 heavy (non-hydrogen) atoms. The Bertz CT molecular complexity index is 606. The van der Waals surface area contributed by atoms with Gasteiger partial charge in [-0.3, -0.25) is 0 Å². The van der Waals surface area contributed by atoms with Crippen LogP contribution in [0.2, 0.25) is 5.15 Å². The number of fused-ring (bicyclic) bond motifs is 1. The van der Waals surface area contributed by atoms with Crippen LogP contribution in [-0.4, -0.2) is 20.5 Å². The molecule has 0 aliphatic carbocycles. The molecular weight excluding hydrogens is 261 g/mol. The molecule has 0 aliphatic rings. The summed E-state index contributed by atoms with van der Waals surface area (Å²) in [5.74, 6) is -1.46. The topological polar surface area (TPSA) is 54.6 Å². The summed E-state index contributed by atoms with van der Waals surface area (Å²) in [5, 5.41) is 8.57. The molecular formula is C9H4ClF3N2O2. The highest BCUT2D eigenvalue weighted by Crippen LogP contribution is 2.33. The van der Waals surface area contributed by atoms with Crippen LogP contribution in [0.1, 0.15) is 15.9 Å². The average molecular weight is 265 g/mol. The van der Waals surface area contributed by atoms with Gasteiger partial charge in [-0.15, -0.1) is 0 Å². The lowest BCUT2D eigenvalue weighted by Gasteiger charge is -2.08. The van der Waals surface area contributed by atoms with Crippen LogP contribution in [0.15, 0.2) is 18.5 Å². The monoisotopic (exact) mass is 264 g/mol. The van der Waals surface area contributed by atoms with Crippen molar-refractivity contribution < 1.29 is 23.1 Å². The quantitative estimate of drug-likeness (QED) is 0.861. The largest absolute Gasteiger partial charge is 0.478 e. The Balaban J connectivity index is 2.82. The lowest BCUT2D eigenvalue weighted by molar-refractivity contribution is -0.136. The van der Waals surface area contributed by atoms with E-state index in [-0.39, 0.29) is 5.15 Å². The molecule has 8 heteroatoms. The van der Waals surface area contributed by atoms with Gasteiger partial charge in [0, 0.05) is 12.4 Å². The molecule has 2 heterocycles. The van der Waals surface area contributed by atoms with Gasteiger partial charge in [-0.05, 0) is 6.07 Å². The molecule has 2 aromatic heterocycles. The van der Waals surface area contributed by atoms with Gasteiger partial charge in [-0.2, -0.15) is 13.2 Å². The van der Waals surface area contributed by atoms with Gasteiger partial charge in [0.2, 0.25) is 0 Å². The maximum absolute atomic E-state index is 12.7. The van der Waals surface area contributed by atoms with Crippen LogP contribution < -0.4 is 0 Å². The number of imidazole rings is 1. The molecule has 2 rings (SSSR count). The second kappa shape index (κ2) is 3.63. The standard InChI is InChI=1S/C9H4ClF3N2O2/c10-6-3-15-2-4(8(16)17)1-5(7(15)14-6)9(11,12)13/h1-3H,(H,16,17). The first kappa shape index (κ1) is 11.7. The zero-order valence-corrected chi connectivity index (χ0v) is 8.75. The molecule has 0 radical (unpaired) electrons. The van der Waals surface area contributed by atoms with Crippen molar-refractivity contribution in [2.24, 2.45) is 0 Å². The summed E-state index contributed by atoms with van der Waals surface area (Å²) in [4.78, 5) is 14.2. The lowest BCUT2D eigenvalue weighted by Crippen LogP contribution is -2.10. The van der Waals surface area contributed by atoms with E-state index in [4.69, 9.17) is 16.7 Å². The van der Waals surface area contributed by atoms with Gasteiger partial charge in [0.15, 0.2) is 5.65 Å². The summed E-state index contributed by atoms with van der Waals surface area (Å²) in [6, 6.07) is 0.529. The van der Waals surface area contributed by atoms with Gasteiger partial charge in [0.05, 0.1) is 11.1 Å². The molecule has 0 spiro atoms. The van der Waals surface area contributed by atoms with E-state index >= 15 is 0 Å². The van der Waals surface area contributed by atoms with Crippen molar-refractivity contribution in [3.8, 4) is 0 Å². The number of carbonyl (C=O) groups is 1. The summed E-state index contributed by atoms with van der Waals surface area (Å²) in [5.41, 5.74) is -2.05. The van der Waals surface area contributed by atoms with E-state index in [0.717, 1.165) is 16.8 Å². The molecule has 90 valence electrons. The van der Waals surface area contributed by atoms with Crippen molar-refractivity contribution in [1.82, 2.24) is 9.38 Å². The molecule has 4 nitrogen and oxygen atoms in total. The first-order valence-corrected chi connectivity index (χ1v) is 4.65. The molecule has 0 saturated heterocycles. The number of carboxylic acid groups (broad SMARTS) is 1. The maximum Gasteiger partial charge on any atom is 0.420 e. The van der Waals surface area contributed by atoms with Crippen LogP contribution in [0.4, 0.5) is 13.2 Å². The van der Waals surface area contributed by atoms with Gasteiger partial charge < -0.3 is 9.51 Å². The number of halogens is 4. The minimum Gasteiger partial charge on any atom is -0.478 e. The first-order chi connectivity index (χ1) is 7.79. The third-order valence-corrected chi connectivity index (χ3v) is 2.26. The van der Waals surface area contributed by atoms with Gasteiger partial charge in [0.25, 0.3) is 0 Å². The molecule has 0 bridgehead atoms. The molecule has 0 atom stereocenters. The fourth-order valence-electron chi connectivity index (χ4n) is 1.39. The van der Waals surface area contributed by atoms with Crippen molar-refractivity contribution in [3.63, 3.8) is 0 Å². The number of alkyl halides is 3. The fraction of sp³-hybridized carbons (Fsp3) is 0.111. The van der Waals surface area contributed by atoms with Crippen molar-refractivity contribution in [2.45, 2.75) is 6.18 Å². The second-order valence-electron chi connectivity index (χ2n) is 3.24. The van der Waals surface area contributed by atoms with Crippen LogP contribution in [0.25, 0.3) is 5.65 Å². The third kappa shape index (κ3) is 2.05. The van der Waals surface area contributed by atoms with E-state index in [0.29, 0.717) is 6.07 Å². The van der Waals surface area contributed by atoms with Gasteiger partial charge >= 0.3 is 12.1 Å². The third-order valence-electron chi connectivity index (χ3n) is 2.07. The number of aromatic carboxylic acids is 1. The van der Waals surface area contributed by atoms with Crippen LogP contribution in [-0.2, 0) is 6.18 Å². The van der Waals surface area contributed by atoms with Crippen LogP contribution in [0.3, 0.4) is 0 Å². The van der Waals surface area contributed by atoms with Gasteiger partial charge in [0.1, 0.15) is 5.15 Å². The predicted molar refractivity (Wildman–Crippen MR) is 52.2 cm³/mol. The Labute approximate surface area is 97.3 Å². The van der Waals surface area contributed by atoms with E-state index in [1.54, 1.807) is 0 Å². The molecule has 0 fully saturated rings. The summed E-state index contributed by atoms with van der Waals surface area (Å²) in [7, 11) is 0.